The van der Waals surface area contributed by atoms with E-state index in [2.05, 4.69) is 10.2 Å². The van der Waals surface area contributed by atoms with Crippen LogP contribution in [0.1, 0.15) is 62.1 Å². The number of halogens is 4. The Morgan fingerprint density at radius 3 is 2.22 bits per heavy atom. The standard InChI is InChI=1S/C41H53ClF3N7O7/c1-40(37(55)58-25-34(53)48(2)3)13-20-49(21-14-40)28-9-15-50(16-10-28)36(54)33(24-26-22-30(41(43,44)45)35(46)31(42)23-26)59-39(57)51-17-11-29(12-18-51)52-19-8-27-6-4-5-7-32(27)47-38(52)56/h4-7,22-23,28-29,33H,8-21,24-25,46H2,1-3H3,(H,47,56)/t33-/m1/s1. The number of nitrogen functional groups attached to an aromatic ring is 1. The molecule has 5 amide bonds. The molecular formula is C41H53ClF3N7O7. The van der Waals surface area contributed by atoms with Gasteiger partial charge in [0.1, 0.15) is 0 Å². The van der Waals surface area contributed by atoms with Crippen LogP contribution in [0.2, 0.25) is 5.02 Å². The molecule has 322 valence electrons. The lowest BCUT2D eigenvalue weighted by Gasteiger charge is -2.44. The normalized spacial score (nSPS) is 19.9. The number of likely N-dealkylation sites (tertiary alicyclic amines) is 3. The molecule has 4 aliphatic heterocycles. The van der Waals surface area contributed by atoms with Crippen LogP contribution >= 0.6 is 11.6 Å². The summed E-state index contributed by atoms with van der Waals surface area (Å²) < 4.78 is 53.0. The van der Waals surface area contributed by atoms with Crippen LogP contribution in [0.5, 0.6) is 0 Å². The van der Waals surface area contributed by atoms with Gasteiger partial charge in [-0.15, -0.1) is 0 Å². The third kappa shape index (κ3) is 10.3. The highest BCUT2D eigenvalue weighted by atomic mass is 35.5. The number of urea groups is 1. The van der Waals surface area contributed by atoms with E-state index in [1.165, 1.54) is 15.9 Å². The number of likely N-dealkylation sites (N-methyl/N-ethyl adjacent to an activating group) is 1. The Morgan fingerprint density at radius 1 is 0.949 bits per heavy atom. The molecule has 14 nitrogen and oxygen atoms in total. The Hall–Kier alpha value is -4.77. The Morgan fingerprint density at radius 2 is 1.58 bits per heavy atom. The molecule has 0 bridgehead atoms. The third-order valence-corrected chi connectivity index (χ3v) is 12.6. The van der Waals surface area contributed by atoms with E-state index in [0.29, 0.717) is 77.7 Å². The molecule has 6 rings (SSSR count). The van der Waals surface area contributed by atoms with Crippen molar-refractivity contribution in [2.24, 2.45) is 5.41 Å². The number of rotatable bonds is 9. The number of esters is 1. The number of benzene rings is 2. The highest BCUT2D eigenvalue weighted by Gasteiger charge is 2.42. The van der Waals surface area contributed by atoms with Crippen LogP contribution in [-0.2, 0) is 42.9 Å². The first-order chi connectivity index (χ1) is 27.9. The first-order valence-corrected chi connectivity index (χ1v) is 20.5. The average molecular weight is 848 g/mol. The minimum atomic E-state index is -4.81. The fourth-order valence-electron chi connectivity index (χ4n) is 8.39. The molecule has 0 radical (unpaired) electrons. The molecule has 0 saturated carbocycles. The molecule has 3 saturated heterocycles. The minimum Gasteiger partial charge on any atom is -0.455 e. The molecule has 0 aromatic heterocycles. The minimum absolute atomic E-state index is 0.0328. The molecule has 3 fully saturated rings. The van der Waals surface area contributed by atoms with Crippen molar-refractivity contribution in [2.75, 3.05) is 77.6 Å². The maximum absolute atomic E-state index is 14.2. The zero-order valence-electron chi connectivity index (χ0n) is 33.7. The number of amides is 5. The zero-order chi connectivity index (χ0) is 42.6. The quantitative estimate of drug-likeness (QED) is 0.254. The Labute approximate surface area is 347 Å². The van der Waals surface area contributed by atoms with Crippen molar-refractivity contribution in [3.63, 3.8) is 0 Å². The highest BCUT2D eigenvalue weighted by molar-refractivity contribution is 6.33. The Balaban J connectivity index is 1.08. The number of hydrogen-bond acceptors (Lipinski definition) is 9. The highest BCUT2D eigenvalue weighted by Crippen LogP contribution is 2.39. The van der Waals surface area contributed by atoms with Crippen molar-refractivity contribution in [1.29, 1.82) is 0 Å². The first kappa shape index (κ1) is 43.8. The number of para-hydroxylation sites is 1. The number of piperidine rings is 3. The largest absolute Gasteiger partial charge is 0.455 e. The van der Waals surface area contributed by atoms with E-state index in [4.69, 9.17) is 26.8 Å². The van der Waals surface area contributed by atoms with E-state index < -0.39 is 46.9 Å². The molecule has 4 heterocycles. The second-order valence-corrected chi connectivity index (χ2v) is 16.8. The van der Waals surface area contributed by atoms with Crippen molar-refractivity contribution in [3.05, 3.63) is 58.1 Å². The second-order valence-electron chi connectivity index (χ2n) is 16.4. The predicted octanol–water partition coefficient (Wildman–Crippen LogP) is 5.27. The first-order valence-electron chi connectivity index (χ1n) is 20.1. The average Bonchev–Trinajstić information content (AvgIpc) is 3.38. The van der Waals surface area contributed by atoms with Crippen molar-refractivity contribution < 1.29 is 46.6 Å². The van der Waals surface area contributed by atoms with Crippen molar-refractivity contribution in [1.82, 2.24) is 24.5 Å². The fourth-order valence-corrected chi connectivity index (χ4v) is 8.63. The van der Waals surface area contributed by atoms with E-state index >= 15 is 0 Å². The Bertz CT molecular complexity index is 1890. The number of carbonyl (C=O) groups is 5. The number of nitrogens with zero attached hydrogens (tertiary/aromatic N) is 5. The molecule has 0 spiro atoms. The van der Waals surface area contributed by atoms with Gasteiger partial charge in [-0.25, -0.2) is 9.59 Å². The van der Waals surface area contributed by atoms with E-state index in [1.54, 1.807) is 23.9 Å². The summed E-state index contributed by atoms with van der Waals surface area (Å²) in [6.45, 7) is 4.44. The maximum atomic E-state index is 14.2. The van der Waals surface area contributed by atoms with Gasteiger partial charge in [0.05, 0.1) is 21.7 Å². The van der Waals surface area contributed by atoms with Gasteiger partial charge in [0, 0.05) is 71.0 Å². The number of fused-ring (bicyclic) bond motifs is 1. The summed E-state index contributed by atoms with van der Waals surface area (Å²) in [6, 6.07) is 9.49. The van der Waals surface area contributed by atoms with Crippen LogP contribution in [0.25, 0.3) is 0 Å². The zero-order valence-corrected chi connectivity index (χ0v) is 34.4. The number of ether oxygens (including phenoxy) is 2. The summed E-state index contributed by atoms with van der Waals surface area (Å²) in [5.41, 5.74) is 5.02. The van der Waals surface area contributed by atoms with Gasteiger partial charge in [-0.05, 0) is 94.3 Å². The van der Waals surface area contributed by atoms with Gasteiger partial charge in [0.15, 0.2) is 12.7 Å². The second kappa shape index (κ2) is 18.2. The van der Waals surface area contributed by atoms with E-state index in [0.717, 1.165) is 17.3 Å². The van der Waals surface area contributed by atoms with Crippen LogP contribution in [0.15, 0.2) is 36.4 Å². The number of nitrogens with two attached hydrogens (primary N) is 1. The molecule has 1 atom stereocenters. The van der Waals surface area contributed by atoms with Gasteiger partial charge in [-0.1, -0.05) is 29.8 Å². The van der Waals surface area contributed by atoms with Gasteiger partial charge >= 0.3 is 24.3 Å². The molecule has 0 unspecified atom stereocenters. The van der Waals surface area contributed by atoms with Gasteiger partial charge in [-0.2, -0.15) is 13.2 Å². The molecule has 59 heavy (non-hydrogen) atoms. The van der Waals surface area contributed by atoms with Crippen LogP contribution in [0, 0.1) is 5.41 Å². The molecule has 2 aromatic carbocycles. The lowest BCUT2D eigenvalue weighted by Crippen LogP contribution is -2.54. The number of carbonyl (C=O) groups excluding carboxylic acids is 5. The van der Waals surface area contributed by atoms with Gasteiger partial charge in [0.2, 0.25) is 0 Å². The van der Waals surface area contributed by atoms with Gasteiger partial charge < -0.3 is 45.0 Å². The number of anilines is 2. The molecule has 3 N–H and O–H groups in total. The molecular weight excluding hydrogens is 795 g/mol. The fraction of sp³-hybridized carbons (Fsp3) is 0.585. The number of nitrogens with one attached hydrogen (secondary N) is 1. The van der Waals surface area contributed by atoms with Crippen molar-refractivity contribution >= 4 is 52.9 Å². The smallest absolute Gasteiger partial charge is 0.418 e. The predicted molar refractivity (Wildman–Crippen MR) is 213 cm³/mol. The number of hydrogen-bond donors (Lipinski definition) is 2. The van der Waals surface area contributed by atoms with Crippen LogP contribution in [0.4, 0.5) is 34.1 Å². The van der Waals surface area contributed by atoms with Gasteiger partial charge in [-0.3, -0.25) is 14.4 Å². The summed E-state index contributed by atoms with van der Waals surface area (Å²) in [6.07, 6.45) is -3.49. The molecule has 4 aliphatic rings. The lowest BCUT2D eigenvalue weighted by molar-refractivity contribution is -0.162. The Kier molecular flexibility index (Phi) is 13.5. The SMILES string of the molecule is CN(C)C(=O)COC(=O)C1(C)CCN(C2CCN(C(=O)[C@@H](Cc3cc(Cl)c(N)c(C(F)(F)F)c3)OC(=O)N3CCC(N4CCc5ccccc5NC4=O)CC3)CC2)CC1. The summed E-state index contributed by atoms with van der Waals surface area (Å²) >= 11 is 6.14. The van der Waals surface area contributed by atoms with E-state index in [9.17, 15) is 37.1 Å². The lowest BCUT2D eigenvalue weighted by atomic mass is 9.79. The van der Waals surface area contributed by atoms with Crippen LogP contribution in [-0.4, -0.2) is 139 Å². The summed E-state index contributed by atoms with van der Waals surface area (Å²) in [5, 5.41) is 2.65. The number of alkyl halides is 3. The van der Waals surface area contributed by atoms with Crippen LogP contribution in [0.3, 0.4) is 0 Å². The third-order valence-electron chi connectivity index (χ3n) is 12.3. The topological polar surface area (TPSA) is 158 Å². The van der Waals surface area contributed by atoms with Crippen LogP contribution < -0.4 is 11.1 Å². The maximum Gasteiger partial charge on any atom is 0.418 e. The summed E-state index contributed by atoms with van der Waals surface area (Å²) in [5.74, 6) is -1.23. The van der Waals surface area contributed by atoms with E-state index in [1.807, 2.05) is 31.2 Å². The molecule has 2 aromatic rings. The van der Waals surface area contributed by atoms with E-state index in [-0.39, 0.29) is 60.7 Å². The van der Waals surface area contributed by atoms with Gasteiger partial charge in [0.25, 0.3) is 11.8 Å². The van der Waals surface area contributed by atoms with Crippen molar-refractivity contribution in [2.45, 2.75) is 82.7 Å². The molecule has 18 heteroatoms. The monoisotopic (exact) mass is 847 g/mol. The van der Waals surface area contributed by atoms with Crippen molar-refractivity contribution in [3.8, 4) is 0 Å². The summed E-state index contributed by atoms with van der Waals surface area (Å²) in [7, 11) is 3.19. The molecule has 0 aliphatic carbocycles. The summed E-state index contributed by atoms with van der Waals surface area (Å²) in [4.78, 5) is 74.3.